The SMILES string of the molecule is CC(C)(C)c1ccc(OCc2ccc(C(=O)O)cc2)c(Cl)c1. The van der Waals surface area contributed by atoms with Crippen molar-refractivity contribution in [1.29, 1.82) is 0 Å². The first-order valence-corrected chi connectivity index (χ1v) is 7.40. The molecule has 4 heteroatoms. The Balaban J connectivity index is 2.07. The molecule has 3 nitrogen and oxygen atoms in total. The first kappa shape index (κ1) is 16.4. The highest BCUT2D eigenvalue weighted by atomic mass is 35.5. The number of carbonyl (C=O) groups is 1. The third-order valence-electron chi connectivity index (χ3n) is 3.39. The maximum atomic E-state index is 10.8. The second kappa shape index (κ2) is 6.41. The molecule has 0 atom stereocenters. The van der Waals surface area contributed by atoms with E-state index in [9.17, 15) is 4.79 Å². The summed E-state index contributed by atoms with van der Waals surface area (Å²) in [6, 6.07) is 12.4. The predicted octanol–water partition coefficient (Wildman–Crippen LogP) is 4.91. The van der Waals surface area contributed by atoms with E-state index in [1.165, 1.54) is 0 Å². The number of carboxylic acids is 1. The molecule has 0 unspecified atom stereocenters. The summed E-state index contributed by atoms with van der Waals surface area (Å²) in [5.74, 6) is -0.315. The molecular weight excluding hydrogens is 300 g/mol. The van der Waals surface area contributed by atoms with Crippen LogP contribution in [0.1, 0.15) is 42.3 Å². The summed E-state index contributed by atoms with van der Waals surface area (Å²) < 4.78 is 5.71. The zero-order valence-corrected chi connectivity index (χ0v) is 13.6. The van der Waals surface area contributed by atoms with E-state index in [1.54, 1.807) is 24.3 Å². The maximum absolute atomic E-state index is 10.8. The van der Waals surface area contributed by atoms with Gasteiger partial charge in [-0.25, -0.2) is 4.79 Å². The molecule has 0 fully saturated rings. The number of hydrogen-bond acceptors (Lipinski definition) is 2. The Bertz CT molecular complexity index is 670. The van der Waals surface area contributed by atoms with Gasteiger partial charge in [-0.2, -0.15) is 0 Å². The molecule has 0 amide bonds. The first-order valence-electron chi connectivity index (χ1n) is 7.02. The van der Waals surface area contributed by atoms with Crippen molar-refractivity contribution >= 4 is 17.6 Å². The fourth-order valence-electron chi connectivity index (χ4n) is 1.99. The van der Waals surface area contributed by atoms with Crippen LogP contribution < -0.4 is 4.74 Å². The van der Waals surface area contributed by atoms with Gasteiger partial charge in [-0.1, -0.05) is 50.6 Å². The molecule has 22 heavy (non-hydrogen) atoms. The van der Waals surface area contributed by atoms with Gasteiger partial charge in [0.05, 0.1) is 10.6 Å². The van der Waals surface area contributed by atoms with E-state index in [-0.39, 0.29) is 11.0 Å². The minimum absolute atomic E-state index is 0.0365. The summed E-state index contributed by atoms with van der Waals surface area (Å²) in [6.07, 6.45) is 0. The van der Waals surface area contributed by atoms with Gasteiger partial charge in [-0.15, -0.1) is 0 Å². The third kappa shape index (κ3) is 4.01. The van der Waals surface area contributed by atoms with E-state index < -0.39 is 5.97 Å². The van der Waals surface area contributed by atoms with Gasteiger partial charge in [-0.3, -0.25) is 0 Å². The summed E-state index contributed by atoms with van der Waals surface area (Å²) in [6.45, 7) is 6.73. The van der Waals surface area contributed by atoms with Gasteiger partial charge in [0.15, 0.2) is 0 Å². The maximum Gasteiger partial charge on any atom is 0.335 e. The number of ether oxygens (including phenoxy) is 1. The summed E-state index contributed by atoms with van der Waals surface area (Å²) in [5, 5.41) is 9.44. The van der Waals surface area contributed by atoms with Crippen LogP contribution >= 0.6 is 11.6 Å². The van der Waals surface area contributed by atoms with Crippen LogP contribution in [-0.2, 0) is 12.0 Å². The number of rotatable bonds is 4. The Labute approximate surface area is 135 Å². The lowest BCUT2D eigenvalue weighted by Gasteiger charge is -2.20. The number of halogens is 1. The Morgan fingerprint density at radius 1 is 1.14 bits per heavy atom. The summed E-state index contributed by atoms with van der Waals surface area (Å²) >= 11 is 6.27. The van der Waals surface area contributed by atoms with Crippen molar-refractivity contribution < 1.29 is 14.6 Å². The number of hydrogen-bond donors (Lipinski definition) is 1. The smallest absolute Gasteiger partial charge is 0.335 e. The quantitative estimate of drug-likeness (QED) is 0.870. The summed E-state index contributed by atoms with van der Waals surface area (Å²) in [4.78, 5) is 10.8. The van der Waals surface area contributed by atoms with Gasteiger partial charge in [-0.05, 0) is 40.8 Å². The number of benzene rings is 2. The van der Waals surface area contributed by atoms with Gasteiger partial charge < -0.3 is 9.84 Å². The molecule has 0 aromatic heterocycles. The molecule has 0 saturated heterocycles. The molecule has 0 aliphatic heterocycles. The van der Waals surface area contributed by atoms with Gasteiger partial charge in [0.2, 0.25) is 0 Å². The molecule has 2 aromatic carbocycles. The Hall–Kier alpha value is -2.00. The molecule has 0 spiro atoms. The van der Waals surface area contributed by atoms with Crippen molar-refractivity contribution in [1.82, 2.24) is 0 Å². The van der Waals surface area contributed by atoms with Crippen molar-refractivity contribution in [2.24, 2.45) is 0 Å². The van der Waals surface area contributed by atoms with Crippen molar-refractivity contribution in [3.05, 3.63) is 64.2 Å². The lowest BCUT2D eigenvalue weighted by atomic mass is 9.87. The van der Waals surface area contributed by atoms with Crippen LogP contribution in [0.25, 0.3) is 0 Å². The monoisotopic (exact) mass is 318 g/mol. The van der Waals surface area contributed by atoms with E-state index in [0.717, 1.165) is 11.1 Å². The highest BCUT2D eigenvalue weighted by Gasteiger charge is 2.15. The summed E-state index contributed by atoms with van der Waals surface area (Å²) in [5.41, 5.74) is 2.34. The molecule has 1 N–H and O–H groups in total. The van der Waals surface area contributed by atoms with E-state index >= 15 is 0 Å². The molecule has 0 saturated carbocycles. The lowest BCUT2D eigenvalue weighted by Crippen LogP contribution is -2.10. The standard InChI is InChI=1S/C18H19ClO3/c1-18(2,3)14-8-9-16(15(19)10-14)22-11-12-4-6-13(7-5-12)17(20)21/h4-10H,11H2,1-3H3,(H,20,21). The predicted molar refractivity (Wildman–Crippen MR) is 87.9 cm³/mol. The van der Waals surface area contributed by atoms with Crippen molar-refractivity contribution in [3.8, 4) is 5.75 Å². The summed E-state index contributed by atoms with van der Waals surface area (Å²) in [7, 11) is 0. The van der Waals surface area contributed by atoms with Gasteiger partial charge >= 0.3 is 5.97 Å². The number of carboxylic acid groups (broad SMARTS) is 1. The van der Waals surface area contributed by atoms with Crippen LogP contribution in [-0.4, -0.2) is 11.1 Å². The molecule has 116 valence electrons. The minimum atomic E-state index is -0.937. The Morgan fingerprint density at radius 3 is 2.27 bits per heavy atom. The van der Waals surface area contributed by atoms with Crippen LogP contribution in [0.4, 0.5) is 0 Å². The lowest BCUT2D eigenvalue weighted by molar-refractivity contribution is 0.0697. The fraction of sp³-hybridized carbons (Fsp3) is 0.278. The zero-order chi connectivity index (χ0) is 16.3. The fourth-order valence-corrected chi connectivity index (χ4v) is 2.22. The topological polar surface area (TPSA) is 46.5 Å². The van der Waals surface area contributed by atoms with Crippen molar-refractivity contribution in [2.75, 3.05) is 0 Å². The van der Waals surface area contributed by atoms with Crippen LogP contribution in [0.15, 0.2) is 42.5 Å². The first-order chi connectivity index (χ1) is 10.3. The van der Waals surface area contributed by atoms with Gasteiger partial charge in [0, 0.05) is 0 Å². The molecule has 0 aliphatic rings. The van der Waals surface area contributed by atoms with Crippen LogP contribution in [0.3, 0.4) is 0 Å². The van der Waals surface area contributed by atoms with Crippen molar-refractivity contribution in [3.63, 3.8) is 0 Å². The van der Waals surface area contributed by atoms with Crippen LogP contribution in [0, 0.1) is 0 Å². The zero-order valence-electron chi connectivity index (χ0n) is 12.9. The van der Waals surface area contributed by atoms with Crippen LogP contribution in [0.5, 0.6) is 5.75 Å². The second-order valence-electron chi connectivity index (χ2n) is 6.19. The third-order valence-corrected chi connectivity index (χ3v) is 3.69. The molecule has 2 aromatic rings. The Kier molecular flexibility index (Phi) is 4.77. The van der Waals surface area contributed by atoms with Gasteiger partial charge in [0.1, 0.15) is 12.4 Å². The van der Waals surface area contributed by atoms with E-state index in [1.807, 2.05) is 18.2 Å². The molecular formula is C18H19ClO3. The molecule has 0 heterocycles. The van der Waals surface area contributed by atoms with Crippen LogP contribution in [0.2, 0.25) is 5.02 Å². The molecule has 2 rings (SSSR count). The number of aromatic carboxylic acids is 1. The van der Waals surface area contributed by atoms with E-state index in [0.29, 0.717) is 17.4 Å². The molecule has 0 aliphatic carbocycles. The average Bonchev–Trinajstić information content (AvgIpc) is 2.45. The highest BCUT2D eigenvalue weighted by molar-refractivity contribution is 6.32. The highest BCUT2D eigenvalue weighted by Crippen LogP contribution is 2.31. The van der Waals surface area contributed by atoms with E-state index in [2.05, 4.69) is 20.8 Å². The van der Waals surface area contributed by atoms with Crippen molar-refractivity contribution in [2.45, 2.75) is 32.8 Å². The molecule has 0 radical (unpaired) electrons. The van der Waals surface area contributed by atoms with E-state index in [4.69, 9.17) is 21.4 Å². The second-order valence-corrected chi connectivity index (χ2v) is 6.59. The normalized spacial score (nSPS) is 11.3. The average molecular weight is 319 g/mol. The largest absolute Gasteiger partial charge is 0.487 e. The van der Waals surface area contributed by atoms with Gasteiger partial charge in [0.25, 0.3) is 0 Å². The Morgan fingerprint density at radius 2 is 1.77 bits per heavy atom. The molecule has 0 bridgehead atoms. The minimum Gasteiger partial charge on any atom is -0.487 e.